The Morgan fingerprint density at radius 3 is 2.30 bits per heavy atom. The molecule has 0 radical (unpaired) electrons. The molecule has 20 heavy (non-hydrogen) atoms. The summed E-state index contributed by atoms with van der Waals surface area (Å²) in [5.41, 5.74) is -0.289. The Balaban J connectivity index is 2.47. The number of carbonyl (C=O) groups is 2. The topological polar surface area (TPSA) is 81.7 Å². The van der Waals surface area contributed by atoms with E-state index < -0.39 is 5.97 Å². The lowest BCUT2D eigenvalue weighted by atomic mass is 9.85. The monoisotopic (exact) mass is 285 g/mol. The van der Waals surface area contributed by atoms with Crippen molar-refractivity contribution >= 4 is 12.0 Å². The van der Waals surface area contributed by atoms with Crippen molar-refractivity contribution in [2.24, 2.45) is 5.41 Å². The number of carbonyl (C=O) groups excluding carboxylic acids is 1. The molecule has 0 saturated carbocycles. The SMILES string of the molecule is CN1CCC(NC(=O)NC(CC(=O)O)C(C)(C)C)CC1. The second-order valence-corrected chi connectivity index (χ2v) is 6.71. The molecule has 1 fully saturated rings. The molecule has 0 bridgehead atoms. The summed E-state index contributed by atoms with van der Waals surface area (Å²) in [6.07, 6.45) is 1.80. The number of rotatable bonds is 4. The summed E-state index contributed by atoms with van der Waals surface area (Å²) in [7, 11) is 2.07. The van der Waals surface area contributed by atoms with E-state index in [-0.39, 0.29) is 30.0 Å². The average molecular weight is 285 g/mol. The van der Waals surface area contributed by atoms with Crippen LogP contribution in [0.2, 0.25) is 0 Å². The zero-order valence-corrected chi connectivity index (χ0v) is 12.9. The number of nitrogens with one attached hydrogen (secondary N) is 2. The van der Waals surface area contributed by atoms with Crippen LogP contribution in [0.4, 0.5) is 4.79 Å². The molecule has 0 spiro atoms. The van der Waals surface area contributed by atoms with E-state index in [2.05, 4.69) is 22.6 Å². The van der Waals surface area contributed by atoms with Crippen LogP contribution in [0.1, 0.15) is 40.0 Å². The van der Waals surface area contributed by atoms with Crippen LogP contribution in [0, 0.1) is 5.41 Å². The molecule has 3 N–H and O–H groups in total. The van der Waals surface area contributed by atoms with Crippen molar-refractivity contribution in [1.82, 2.24) is 15.5 Å². The van der Waals surface area contributed by atoms with Crippen LogP contribution >= 0.6 is 0 Å². The highest BCUT2D eigenvalue weighted by atomic mass is 16.4. The molecule has 1 unspecified atom stereocenters. The Labute approximate surface area is 120 Å². The van der Waals surface area contributed by atoms with E-state index in [1.54, 1.807) is 0 Å². The molecule has 1 rings (SSSR count). The lowest BCUT2D eigenvalue weighted by Gasteiger charge is -2.33. The molecule has 1 aliphatic heterocycles. The number of hydrogen-bond acceptors (Lipinski definition) is 3. The van der Waals surface area contributed by atoms with Gasteiger partial charge >= 0.3 is 12.0 Å². The van der Waals surface area contributed by atoms with Gasteiger partial charge in [-0.2, -0.15) is 0 Å². The third-order valence-corrected chi connectivity index (χ3v) is 3.78. The minimum Gasteiger partial charge on any atom is -0.481 e. The summed E-state index contributed by atoms with van der Waals surface area (Å²) in [4.78, 5) is 25.1. The minimum absolute atomic E-state index is 0.0652. The van der Waals surface area contributed by atoms with E-state index >= 15 is 0 Å². The van der Waals surface area contributed by atoms with E-state index in [9.17, 15) is 9.59 Å². The van der Waals surface area contributed by atoms with Gasteiger partial charge in [-0.3, -0.25) is 4.79 Å². The molecule has 1 atom stereocenters. The maximum atomic E-state index is 12.0. The number of nitrogens with zero attached hydrogens (tertiary/aromatic N) is 1. The summed E-state index contributed by atoms with van der Waals surface area (Å²) < 4.78 is 0. The maximum Gasteiger partial charge on any atom is 0.315 e. The van der Waals surface area contributed by atoms with Gasteiger partial charge in [-0.05, 0) is 38.4 Å². The van der Waals surface area contributed by atoms with Crippen LogP contribution < -0.4 is 10.6 Å². The van der Waals surface area contributed by atoms with Gasteiger partial charge in [0.15, 0.2) is 0 Å². The third kappa shape index (κ3) is 5.77. The molecule has 1 saturated heterocycles. The number of hydrogen-bond donors (Lipinski definition) is 3. The zero-order chi connectivity index (χ0) is 15.3. The standard InChI is InChI=1S/C14H27N3O3/c1-14(2,3)11(9-12(18)19)16-13(20)15-10-5-7-17(4)8-6-10/h10-11H,5-9H2,1-4H3,(H,18,19)(H2,15,16,20). The van der Waals surface area contributed by atoms with Gasteiger partial charge in [0.05, 0.1) is 6.42 Å². The largest absolute Gasteiger partial charge is 0.481 e. The van der Waals surface area contributed by atoms with Gasteiger partial charge in [0.1, 0.15) is 0 Å². The molecule has 6 heteroatoms. The fourth-order valence-corrected chi connectivity index (χ4v) is 2.29. The molecule has 0 aromatic heterocycles. The minimum atomic E-state index is -0.899. The molecular weight excluding hydrogens is 258 g/mol. The first-order valence-corrected chi connectivity index (χ1v) is 7.16. The van der Waals surface area contributed by atoms with Crippen LogP contribution in [0.5, 0.6) is 0 Å². The fourth-order valence-electron chi connectivity index (χ4n) is 2.29. The smallest absolute Gasteiger partial charge is 0.315 e. The van der Waals surface area contributed by atoms with E-state index in [1.807, 2.05) is 20.8 Å². The fraction of sp³-hybridized carbons (Fsp3) is 0.857. The maximum absolute atomic E-state index is 12.0. The van der Waals surface area contributed by atoms with Crippen LogP contribution in [-0.2, 0) is 4.79 Å². The van der Waals surface area contributed by atoms with Crippen molar-refractivity contribution in [1.29, 1.82) is 0 Å². The van der Waals surface area contributed by atoms with Crippen molar-refractivity contribution in [2.75, 3.05) is 20.1 Å². The van der Waals surface area contributed by atoms with Gasteiger partial charge < -0.3 is 20.6 Å². The summed E-state index contributed by atoms with van der Waals surface area (Å²) in [6.45, 7) is 7.73. The van der Waals surface area contributed by atoms with Gasteiger partial charge in [-0.1, -0.05) is 20.8 Å². The molecular formula is C14H27N3O3. The summed E-state index contributed by atoms with van der Waals surface area (Å²) in [6, 6.07) is -0.469. The predicted octanol–water partition coefficient (Wildman–Crippen LogP) is 1.27. The molecule has 6 nitrogen and oxygen atoms in total. The second-order valence-electron chi connectivity index (χ2n) is 6.71. The molecule has 1 heterocycles. The third-order valence-electron chi connectivity index (χ3n) is 3.78. The van der Waals surface area contributed by atoms with Gasteiger partial charge in [0, 0.05) is 12.1 Å². The van der Waals surface area contributed by atoms with Gasteiger partial charge in [-0.25, -0.2) is 4.79 Å². The van der Waals surface area contributed by atoms with Crippen molar-refractivity contribution < 1.29 is 14.7 Å². The van der Waals surface area contributed by atoms with E-state index in [1.165, 1.54) is 0 Å². The van der Waals surface area contributed by atoms with E-state index in [4.69, 9.17) is 5.11 Å². The summed E-state index contributed by atoms with van der Waals surface area (Å²) in [5.74, 6) is -0.899. The highest BCUT2D eigenvalue weighted by molar-refractivity contribution is 5.76. The molecule has 0 aromatic carbocycles. The van der Waals surface area contributed by atoms with Crippen LogP contribution in [0.15, 0.2) is 0 Å². The Morgan fingerprint density at radius 2 is 1.85 bits per heavy atom. The number of piperidine rings is 1. The first-order valence-electron chi connectivity index (χ1n) is 7.16. The van der Waals surface area contributed by atoms with Crippen LogP contribution in [0.25, 0.3) is 0 Å². The van der Waals surface area contributed by atoms with Gasteiger partial charge in [-0.15, -0.1) is 0 Å². The lowest BCUT2D eigenvalue weighted by molar-refractivity contribution is -0.138. The highest BCUT2D eigenvalue weighted by Crippen LogP contribution is 2.21. The highest BCUT2D eigenvalue weighted by Gasteiger charge is 2.29. The summed E-state index contributed by atoms with van der Waals surface area (Å²) >= 11 is 0. The van der Waals surface area contributed by atoms with Crippen LogP contribution in [-0.4, -0.2) is 54.2 Å². The Morgan fingerprint density at radius 1 is 1.30 bits per heavy atom. The van der Waals surface area contributed by atoms with Crippen molar-refractivity contribution in [3.05, 3.63) is 0 Å². The zero-order valence-electron chi connectivity index (χ0n) is 12.9. The average Bonchev–Trinajstić information content (AvgIpc) is 2.29. The Hall–Kier alpha value is -1.30. The van der Waals surface area contributed by atoms with E-state index in [0.29, 0.717) is 0 Å². The molecule has 116 valence electrons. The Kier molecular flexibility index (Phi) is 5.80. The van der Waals surface area contributed by atoms with Crippen molar-refractivity contribution in [3.8, 4) is 0 Å². The lowest BCUT2D eigenvalue weighted by Crippen LogP contribution is -2.52. The Bertz CT molecular complexity index is 344. The quantitative estimate of drug-likeness (QED) is 0.726. The second kappa shape index (κ2) is 6.92. The van der Waals surface area contributed by atoms with Gasteiger partial charge in [0.2, 0.25) is 0 Å². The molecule has 1 aliphatic rings. The molecule has 0 aromatic rings. The number of carboxylic acid groups (broad SMARTS) is 1. The number of carboxylic acids is 1. The van der Waals surface area contributed by atoms with Crippen molar-refractivity contribution in [3.63, 3.8) is 0 Å². The number of urea groups is 1. The van der Waals surface area contributed by atoms with E-state index in [0.717, 1.165) is 25.9 Å². The number of likely N-dealkylation sites (tertiary alicyclic amines) is 1. The molecule has 0 aliphatic carbocycles. The first kappa shape index (κ1) is 16.8. The number of amides is 2. The number of aliphatic carboxylic acids is 1. The van der Waals surface area contributed by atoms with Gasteiger partial charge in [0.25, 0.3) is 0 Å². The predicted molar refractivity (Wildman–Crippen MR) is 77.7 cm³/mol. The molecule has 2 amide bonds. The normalized spacial score (nSPS) is 19.4. The van der Waals surface area contributed by atoms with Crippen LogP contribution in [0.3, 0.4) is 0 Å². The van der Waals surface area contributed by atoms with Crippen molar-refractivity contribution in [2.45, 2.75) is 52.1 Å². The summed E-state index contributed by atoms with van der Waals surface area (Å²) in [5, 5.41) is 14.7. The first-order chi connectivity index (χ1) is 9.18.